The molecule has 32 heavy (non-hydrogen) atoms. The van der Waals surface area contributed by atoms with Crippen LogP contribution in [0.1, 0.15) is 78.6 Å². The Morgan fingerprint density at radius 1 is 1.12 bits per heavy atom. The SMILES string of the molecule is CNCCN(C)C(=O)O/N=C(\C)[C@H]1CC[C@H]2[C@@H]3CC[C@H]4CC(=O)CC[C@]4(C)[C@H]3CC[C@]12C. The molecule has 4 fully saturated rings. The Hall–Kier alpha value is -1.43. The molecular formula is C26H43N3O3. The predicted octanol–water partition coefficient (Wildman–Crippen LogP) is 4.88. The van der Waals surface area contributed by atoms with Crippen LogP contribution in [0.4, 0.5) is 4.79 Å². The molecule has 0 aliphatic heterocycles. The fourth-order valence-corrected chi connectivity index (χ4v) is 8.35. The third-order valence-corrected chi connectivity index (χ3v) is 10.3. The second-order valence-corrected chi connectivity index (χ2v) is 11.7. The van der Waals surface area contributed by atoms with Gasteiger partial charge < -0.3 is 10.2 Å². The van der Waals surface area contributed by atoms with Crippen molar-refractivity contribution in [3.8, 4) is 0 Å². The molecule has 1 amide bonds. The van der Waals surface area contributed by atoms with Gasteiger partial charge in [0, 0.05) is 38.9 Å². The van der Waals surface area contributed by atoms with Gasteiger partial charge >= 0.3 is 6.09 Å². The van der Waals surface area contributed by atoms with Crippen LogP contribution >= 0.6 is 0 Å². The first-order valence-electron chi connectivity index (χ1n) is 12.8. The molecule has 0 aromatic heterocycles. The zero-order valence-electron chi connectivity index (χ0n) is 20.8. The number of likely N-dealkylation sites (N-methyl/N-ethyl adjacent to an activating group) is 2. The van der Waals surface area contributed by atoms with Crippen molar-refractivity contribution in [3.63, 3.8) is 0 Å². The van der Waals surface area contributed by atoms with Gasteiger partial charge in [0.25, 0.3) is 0 Å². The molecular weight excluding hydrogens is 402 g/mol. The topological polar surface area (TPSA) is 71.0 Å². The Morgan fingerprint density at radius 2 is 1.88 bits per heavy atom. The number of rotatable bonds is 5. The Morgan fingerprint density at radius 3 is 2.62 bits per heavy atom. The quantitative estimate of drug-likeness (QED) is 0.372. The van der Waals surface area contributed by atoms with Gasteiger partial charge in [-0.3, -0.25) is 9.63 Å². The van der Waals surface area contributed by atoms with E-state index < -0.39 is 0 Å². The highest BCUT2D eigenvalue weighted by molar-refractivity contribution is 5.85. The van der Waals surface area contributed by atoms with Crippen LogP contribution in [-0.2, 0) is 9.63 Å². The highest BCUT2D eigenvalue weighted by atomic mass is 16.7. The first-order chi connectivity index (χ1) is 15.2. The van der Waals surface area contributed by atoms with Crippen LogP contribution in [0.15, 0.2) is 5.16 Å². The van der Waals surface area contributed by atoms with Crippen molar-refractivity contribution in [2.24, 2.45) is 45.6 Å². The van der Waals surface area contributed by atoms with Crippen LogP contribution in [-0.4, -0.2) is 49.7 Å². The lowest BCUT2D eigenvalue weighted by Crippen LogP contribution is -2.53. The summed E-state index contributed by atoms with van der Waals surface area (Å²) in [5, 5.41) is 7.37. The third kappa shape index (κ3) is 4.01. The lowest BCUT2D eigenvalue weighted by atomic mass is 9.44. The summed E-state index contributed by atoms with van der Waals surface area (Å²) >= 11 is 0. The van der Waals surface area contributed by atoms with Crippen molar-refractivity contribution >= 4 is 17.6 Å². The first-order valence-corrected chi connectivity index (χ1v) is 12.8. The summed E-state index contributed by atoms with van der Waals surface area (Å²) in [6, 6.07) is 0. The maximum Gasteiger partial charge on any atom is 0.435 e. The van der Waals surface area contributed by atoms with Crippen LogP contribution < -0.4 is 5.32 Å². The van der Waals surface area contributed by atoms with Gasteiger partial charge in [-0.2, -0.15) is 0 Å². The number of Topliss-reactive ketones (excluding diaryl/α,β-unsaturated/α-hetero) is 1. The molecule has 0 unspecified atom stereocenters. The Labute approximate surface area is 193 Å². The van der Waals surface area contributed by atoms with E-state index in [1.807, 2.05) is 7.05 Å². The van der Waals surface area contributed by atoms with Gasteiger partial charge in [-0.15, -0.1) is 0 Å². The molecule has 1 N–H and O–H groups in total. The van der Waals surface area contributed by atoms with Crippen molar-refractivity contribution in [3.05, 3.63) is 0 Å². The van der Waals surface area contributed by atoms with Crippen LogP contribution in [0.2, 0.25) is 0 Å². The van der Waals surface area contributed by atoms with Crippen LogP contribution in [0, 0.1) is 40.4 Å². The lowest BCUT2D eigenvalue weighted by molar-refractivity contribution is -0.138. The molecule has 4 rings (SSSR count). The number of hydrogen-bond acceptors (Lipinski definition) is 5. The highest BCUT2D eigenvalue weighted by Crippen LogP contribution is 2.67. The summed E-state index contributed by atoms with van der Waals surface area (Å²) < 4.78 is 0. The summed E-state index contributed by atoms with van der Waals surface area (Å²) in [6.07, 6.45) is 9.74. The van der Waals surface area contributed by atoms with Gasteiger partial charge in [-0.25, -0.2) is 4.79 Å². The molecule has 0 saturated heterocycles. The minimum atomic E-state index is -0.388. The number of nitrogens with zero attached hydrogens (tertiary/aromatic N) is 2. The van der Waals surface area contributed by atoms with E-state index in [9.17, 15) is 9.59 Å². The highest BCUT2D eigenvalue weighted by Gasteiger charge is 2.60. The minimum absolute atomic E-state index is 0.243. The van der Waals surface area contributed by atoms with E-state index in [4.69, 9.17) is 4.84 Å². The van der Waals surface area contributed by atoms with Gasteiger partial charge in [0.2, 0.25) is 0 Å². The lowest BCUT2D eigenvalue weighted by Gasteiger charge is -2.60. The van der Waals surface area contributed by atoms with Crippen molar-refractivity contribution in [1.29, 1.82) is 0 Å². The van der Waals surface area contributed by atoms with Crippen molar-refractivity contribution in [2.75, 3.05) is 27.2 Å². The van der Waals surface area contributed by atoms with Crippen molar-refractivity contribution in [1.82, 2.24) is 10.2 Å². The summed E-state index contributed by atoms with van der Waals surface area (Å²) in [6.45, 7) is 8.36. The van der Waals surface area contributed by atoms with Crippen LogP contribution in [0.5, 0.6) is 0 Å². The fraction of sp³-hybridized carbons (Fsp3) is 0.885. The van der Waals surface area contributed by atoms with Gasteiger partial charge in [-0.05, 0) is 93.4 Å². The maximum atomic E-state index is 12.3. The second kappa shape index (κ2) is 9.08. The van der Waals surface area contributed by atoms with Crippen molar-refractivity contribution in [2.45, 2.75) is 78.6 Å². The van der Waals surface area contributed by atoms with E-state index in [1.165, 1.54) is 32.1 Å². The number of oxime groups is 1. The molecule has 0 heterocycles. The van der Waals surface area contributed by atoms with E-state index in [-0.39, 0.29) is 11.5 Å². The van der Waals surface area contributed by atoms with Gasteiger partial charge in [0.05, 0.1) is 5.71 Å². The Bertz CT molecular complexity index is 767. The summed E-state index contributed by atoms with van der Waals surface area (Å²) in [7, 11) is 3.61. The zero-order valence-corrected chi connectivity index (χ0v) is 20.8. The standard InChI is InChI=1S/C26H43N3O3/c1-17(28-32-24(31)29(5)15-14-27-4)21-8-9-22-20-7-6-18-16-19(30)10-12-25(18,2)23(20)11-13-26(21,22)3/h18,20-23,27H,6-16H2,1-5H3/b28-17+/t18-,20-,21+,22-,23-,25-,26+/m0/s1. The molecule has 6 heteroatoms. The number of hydrogen-bond donors (Lipinski definition) is 1. The molecule has 7 atom stereocenters. The monoisotopic (exact) mass is 445 g/mol. The second-order valence-electron chi connectivity index (χ2n) is 11.7. The number of carbonyl (C=O) groups excluding carboxylic acids is 2. The largest absolute Gasteiger partial charge is 0.435 e. The van der Waals surface area contributed by atoms with E-state index in [0.29, 0.717) is 29.6 Å². The molecule has 0 bridgehead atoms. The average molecular weight is 446 g/mol. The molecule has 6 nitrogen and oxygen atoms in total. The van der Waals surface area contributed by atoms with Crippen molar-refractivity contribution < 1.29 is 14.4 Å². The van der Waals surface area contributed by atoms with Crippen LogP contribution in [0.3, 0.4) is 0 Å². The molecule has 0 radical (unpaired) electrons. The normalized spacial score (nSPS) is 41.5. The van der Waals surface area contributed by atoms with Gasteiger partial charge in [-0.1, -0.05) is 19.0 Å². The Balaban J connectivity index is 1.45. The molecule has 0 aromatic rings. The Kier molecular flexibility index (Phi) is 6.73. The molecule has 4 aliphatic rings. The van der Waals surface area contributed by atoms with Gasteiger partial charge in [0.1, 0.15) is 5.78 Å². The first kappa shape index (κ1) is 23.7. The number of ketones is 1. The average Bonchev–Trinajstić information content (AvgIpc) is 3.13. The molecule has 4 aliphatic carbocycles. The van der Waals surface area contributed by atoms with E-state index in [2.05, 4.69) is 31.2 Å². The number of amides is 1. The minimum Gasteiger partial charge on any atom is -0.318 e. The predicted molar refractivity (Wildman–Crippen MR) is 126 cm³/mol. The van der Waals surface area contributed by atoms with Gasteiger partial charge in [0.15, 0.2) is 0 Å². The number of carbonyl (C=O) groups is 2. The number of fused-ring (bicyclic) bond motifs is 5. The number of nitrogens with one attached hydrogen (secondary N) is 1. The molecule has 4 saturated carbocycles. The maximum absolute atomic E-state index is 12.3. The van der Waals surface area contributed by atoms with Crippen LogP contribution in [0.25, 0.3) is 0 Å². The molecule has 180 valence electrons. The summed E-state index contributed by atoms with van der Waals surface area (Å²) in [4.78, 5) is 31.3. The van der Waals surface area contributed by atoms with E-state index in [1.54, 1.807) is 11.9 Å². The van der Waals surface area contributed by atoms with E-state index in [0.717, 1.165) is 55.7 Å². The fourth-order valence-electron chi connectivity index (χ4n) is 8.35. The summed E-state index contributed by atoms with van der Waals surface area (Å²) in [5.41, 5.74) is 1.58. The summed E-state index contributed by atoms with van der Waals surface area (Å²) in [5.74, 6) is 3.75. The zero-order chi connectivity index (χ0) is 23.1. The van der Waals surface area contributed by atoms with E-state index >= 15 is 0 Å². The smallest absolute Gasteiger partial charge is 0.318 e. The molecule has 0 spiro atoms. The molecule has 0 aromatic carbocycles. The third-order valence-electron chi connectivity index (χ3n) is 10.3.